The van der Waals surface area contributed by atoms with Crippen LogP contribution in [-0.2, 0) is 9.53 Å². The van der Waals surface area contributed by atoms with Crippen molar-refractivity contribution in [2.24, 2.45) is 0 Å². The summed E-state index contributed by atoms with van der Waals surface area (Å²) in [6, 6.07) is 11.7. The summed E-state index contributed by atoms with van der Waals surface area (Å²) >= 11 is 0. The zero-order chi connectivity index (χ0) is 24.0. The number of benzene rings is 2. The molecule has 4 N–H and O–H groups in total. The molecule has 1 aliphatic rings. The Hall–Kier alpha value is -3.15. The van der Waals surface area contributed by atoms with Crippen molar-refractivity contribution in [3.05, 3.63) is 54.1 Å². The summed E-state index contributed by atoms with van der Waals surface area (Å²) in [6.07, 6.45) is -4.56. The van der Waals surface area contributed by atoms with Crippen molar-refractivity contribution in [2.45, 2.75) is 30.7 Å². The van der Waals surface area contributed by atoms with E-state index < -0.39 is 43.3 Å². The molecule has 2 aromatic rings. The highest BCUT2D eigenvalue weighted by atomic mass is 16.7. The molecule has 178 valence electrons. The molecule has 10 heteroatoms. The van der Waals surface area contributed by atoms with Gasteiger partial charge in [-0.25, -0.2) is 4.79 Å². The fourth-order valence-electron chi connectivity index (χ4n) is 3.20. The first kappa shape index (κ1) is 24.5. The minimum Gasteiger partial charge on any atom is -0.493 e. The summed E-state index contributed by atoms with van der Waals surface area (Å²) in [5, 5.41) is 39.5. The number of aliphatic hydroxyl groups excluding tert-OH is 4. The molecule has 2 aromatic carbocycles. The van der Waals surface area contributed by atoms with Crippen LogP contribution in [0.1, 0.15) is 5.56 Å². The van der Waals surface area contributed by atoms with E-state index in [4.69, 9.17) is 23.7 Å². The molecule has 0 saturated carbocycles. The quantitative estimate of drug-likeness (QED) is 0.249. The molecule has 1 heterocycles. The Morgan fingerprint density at radius 1 is 1.00 bits per heavy atom. The highest BCUT2D eigenvalue weighted by molar-refractivity contribution is 5.89. The van der Waals surface area contributed by atoms with Gasteiger partial charge in [-0.3, -0.25) is 0 Å². The van der Waals surface area contributed by atoms with Gasteiger partial charge in [0, 0.05) is 6.08 Å². The number of aliphatic hydroxyl groups is 4. The minimum atomic E-state index is -1.61. The molecule has 0 unspecified atom stereocenters. The molecule has 3 rings (SSSR count). The van der Waals surface area contributed by atoms with Crippen LogP contribution in [0.4, 0.5) is 0 Å². The van der Waals surface area contributed by atoms with Crippen LogP contribution in [0.5, 0.6) is 23.0 Å². The van der Waals surface area contributed by atoms with Gasteiger partial charge in [-0.2, -0.15) is 0 Å². The summed E-state index contributed by atoms with van der Waals surface area (Å²) in [5.74, 6) is 0.240. The van der Waals surface area contributed by atoms with E-state index >= 15 is 0 Å². The highest BCUT2D eigenvalue weighted by Crippen LogP contribution is 2.40. The number of carbonyl (C=O) groups excluding carboxylic acids is 1. The average Bonchev–Trinajstić information content (AvgIpc) is 2.83. The van der Waals surface area contributed by atoms with Crippen LogP contribution < -0.4 is 18.9 Å². The number of carbonyl (C=O) groups is 1. The molecule has 1 fully saturated rings. The van der Waals surface area contributed by atoms with Crippen LogP contribution in [-0.4, -0.2) is 77.9 Å². The standard InChI is InChI=1S/C23H26O10/c1-29-15-10-13(8-9-18(25)31-14-6-4-3-5-7-14)11-16(30-2)22(15)33-23-21(28)20(27)19(26)17(12-24)32-23/h3-11,17,19-21,23-24,26-28H,12H2,1-2H3/t17-,19-,20+,21-,23+/m1/s1. The van der Waals surface area contributed by atoms with Gasteiger partial charge in [0.2, 0.25) is 12.0 Å². The number of ether oxygens (including phenoxy) is 5. The smallest absolute Gasteiger partial charge is 0.336 e. The van der Waals surface area contributed by atoms with E-state index in [9.17, 15) is 25.2 Å². The van der Waals surface area contributed by atoms with Gasteiger partial charge < -0.3 is 44.1 Å². The second kappa shape index (κ2) is 11.1. The van der Waals surface area contributed by atoms with Gasteiger partial charge in [0.1, 0.15) is 30.2 Å². The van der Waals surface area contributed by atoms with E-state index in [0.29, 0.717) is 11.3 Å². The highest BCUT2D eigenvalue weighted by Gasteiger charge is 2.45. The second-order valence-corrected chi connectivity index (χ2v) is 7.14. The van der Waals surface area contributed by atoms with Gasteiger partial charge in [0.05, 0.1) is 20.8 Å². The molecule has 33 heavy (non-hydrogen) atoms. The molecular weight excluding hydrogens is 436 g/mol. The van der Waals surface area contributed by atoms with Crippen LogP contribution >= 0.6 is 0 Å². The molecule has 0 bridgehead atoms. The van der Waals surface area contributed by atoms with Crippen LogP contribution in [0.3, 0.4) is 0 Å². The van der Waals surface area contributed by atoms with Crippen molar-refractivity contribution in [1.82, 2.24) is 0 Å². The molecular formula is C23H26O10. The van der Waals surface area contributed by atoms with Crippen molar-refractivity contribution >= 4 is 12.0 Å². The Bertz CT molecular complexity index is 934. The molecule has 1 saturated heterocycles. The molecule has 5 atom stereocenters. The zero-order valence-corrected chi connectivity index (χ0v) is 18.0. The second-order valence-electron chi connectivity index (χ2n) is 7.14. The third-order valence-electron chi connectivity index (χ3n) is 4.94. The largest absolute Gasteiger partial charge is 0.493 e. The number of hydrogen-bond donors (Lipinski definition) is 4. The summed E-state index contributed by atoms with van der Waals surface area (Å²) in [6.45, 7) is -0.595. The van der Waals surface area contributed by atoms with Gasteiger partial charge in [0.25, 0.3) is 0 Å². The lowest BCUT2D eigenvalue weighted by molar-refractivity contribution is -0.277. The number of esters is 1. The van der Waals surface area contributed by atoms with E-state index in [-0.39, 0.29) is 17.2 Å². The van der Waals surface area contributed by atoms with E-state index in [2.05, 4.69) is 0 Å². The van der Waals surface area contributed by atoms with Gasteiger partial charge in [-0.1, -0.05) is 18.2 Å². The molecule has 0 aliphatic carbocycles. The summed E-state index contributed by atoms with van der Waals surface area (Å²) < 4.78 is 27.0. The Labute approximate surface area is 190 Å². The lowest BCUT2D eigenvalue weighted by atomic mass is 9.99. The maximum Gasteiger partial charge on any atom is 0.336 e. The molecule has 0 radical (unpaired) electrons. The maximum atomic E-state index is 12.1. The first-order chi connectivity index (χ1) is 15.9. The lowest BCUT2D eigenvalue weighted by Crippen LogP contribution is -2.60. The van der Waals surface area contributed by atoms with Crippen LogP contribution in [0.2, 0.25) is 0 Å². The Kier molecular flexibility index (Phi) is 8.26. The predicted molar refractivity (Wildman–Crippen MR) is 115 cm³/mol. The van der Waals surface area contributed by atoms with Crippen LogP contribution in [0.15, 0.2) is 48.5 Å². The normalized spacial score (nSPS) is 25.0. The Morgan fingerprint density at radius 3 is 2.21 bits per heavy atom. The summed E-state index contributed by atoms with van der Waals surface area (Å²) in [4.78, 5) is 12.1. The molecule has 0 amide bonds. The third-order valence-corrected chi connectivity index (χ3v) is 4.94. The lowest BCUT2D eigenvalue weighted by Gasteiger charge is -2.39. The minimum absolute atomic E-state index is 0.0494. The SMILES string of the molecule is COc1cc(C=CC(=O)Oc2ccccc2)cc(OC)c1O[C@@H]1O[C@H](CO)[C@@H](O)[C@H](O)[C@H]1O. The van der Waals surface area contributed by atoms with E-state index in [1.54, 1.807) is 42.5 Å². The molecule has 1 aliphatic heterocycles. The van der Waals surface area contributed by atoms with Gasteiger partial charge in [-0.05, 0) is 35.9 Å². The number of hydrogen-bond acceptors (Lipinski definition) is 10. The van der Waals surface area contributed by atoms with Crippen molar-refractivity contribution in [1.29, 1.82) is 0 Å². The van der Waals surface area contributed by atoms with E-state index in [1.165, 1.54) is 26.4 Å². The Balaban J connectivity index is 1.80. The van der Waals surface area contributed by atoms with Gasteiger partial charge >= 0.3 is 5.97 Å². The average molecular weight is 462 g/mol. The topological polar surface area (TPSA) is 144 Å². The van der Waals surface area contributed by atoms with E-state index in [1.807, 2.05) is 0 Å². The maximum absolute atomic E-state index is 12.1. The van der Waals surface area contributed by atoms with Crippen molar-refractivity contribution in [3.8, 4) is 23.0 Å². The fourth-order valence-corrected chi connectivity index (χ4v) is 3.20. The fraction of sp³-hybridized carbons (Fsp3) is 0.348. The van der Waals surface area contributed by atoms with Crippen LogP contribution in [0, 0.1) is 0 Å². The monoisotopic (exact) mass is 462 g/mol. The summed E-state index contributed by atoms with van der Waals surface area (Å²) in [7, 11) is 2.76. The Morgan fingerprint density at radius 2 is 1.64 bits per heavy atom. The third kappa shape index (κ3) is 5.81. The number of rotatable bonds is 8. The first-order valence-electron chi connectivity index (χ1n) is 10.1. The van der Waals surface area contributed by atoms with Gasteiger partial charge in [0.15, 0.2) is 11.5 Å². The molecule has 10 nitrogen and oxygen atoms in total. The van der Waals surface area contributed by atoms with E-state index in [0.717, 1.165) is 0 Å². The molecule has 0 spiro atoms. The summed E-state index contributed by atoms with van der Waals surface area (Å²) in [5.41, 5.74) is 0.523. The molecule has 0 aromatic heterocycles. The van der Waals surface area contributed by atoms with Gasteiger partial charge in [-0.15, -0.1) is 0 Å². The zero-order valence-electron chi connectivity index (χ0n) is 18.0. The van der Waals surface area contributed by atoms with Crippen molar-refractivity contribution < 1.29 is 48.9 Å². The van der Waals surface area contributed by atoms with Crippen molar-refractivity contribution in [2.75, 3.05) is 20.8 Å². The predicted octanol–water partition coefficient (Wildman–Crippen LogP) is 0.501. The number of methoxy groups -OCH3 is 2. The van der Waals surface area contributed by atoms with Crippen LogP contribution in [0.25, 0.3) is 6.08 Å². The first-order valence-corrected chi connectivity index (χ1v) is 10.1. The van der Waals surface area contributed by atoms with Crippen molar-refractivity contribution in [3.63, 3.8) is 0 Å². The number of para-hydroxylation sites is 1.